The molecule has 0 saturated heterocycles. The first-order valence-corrected chi connectivity index (χ1v) is 9.01. The molecule has 1 unspecified atom stereocenters. The van der Waals surface area contributed by atoms with Crippen LogP contribution in [0.15, 0.2) is 0 Å². The van der Waals surface area contributed by atoms with E-state index in [9.17, 15) is 0 Å². The molecule has 96 valence electrons. The molecule has 0 aliphatic heterocycles. The van der Waals surface area contributed by atoms with E-state index in [4.69, 9.17) is 8.53 Å². The second kappa shape index (κ2) is 10.6. The summed E-state index contributed by atoms with van der Waals surface area (Å²) in [4.78, 5) is 0. The summed E-state index contributed by atoms with van der Waals surface area (Å²) in [6.45, 7) is 11.8. The number of hydrogen-bond donors (Lipinski definition) is 0. The third-order valence-corrected chi connectivity index (χ3v) is 5.65. The van der Waals surface area contributed by atoms with Crippen molar-refractivity contribution in [1.29, 1.82) is 0 Å². The van der Waals surface area contributed by atoms with Gasteiger partial charge in [0, 0.05) is 0 Å². The molecule has 16 heavy (non-hydrogen) atoms. The van der Waals surface area contributed by atoms with Gasteiger partial charge in [0.05, 0.1) is 6.61 Å². The van der Waals surface area contributed by atoms with Crippen molar-refractivity contribution in [2.24, 2.45) is 5.92 Å². The maximum absolute atomic E-state index is 6.15. The van der Waals surface area contributed by atoms with Crippen molar-refractivity contribution in [2.75, 3.05) is 6.61 Å². The summed E-state index contributed by atoms with van der Waals surface area (Å²) in [6, 6.07) is 0. The van der Waals surface area contributed by atoms with Crippen molar-refractivity contribution in [3.63, 3.8) is 0 Å². The lowest BCUT2D eigenvalue weighted by Crippen LogP contribution is -2.28. The lowest BCUT2D eigenvalue weighted by Gasteiger charge is -2.23. The number of rotatable bonds is 10. The van der Waals surface area contributed by atoms with Gasteiger partial charge in [-0.3, -0.25) is 0 Å². The normalized spacial score (nSPS) is 13.1. The highest BCUT2D eigenvalue weighted by Crippen LogP contribution is 2.13. The fourth-order valence-electron chi connectivity index (χ4n) is 1.69. The zero-order valence-electron chi connectivity index (χ0n) is 11.8. The van der Waals surface area contributed by atoms with Crippen molar-refractivity contribution in [2.45, 2.75) is 70.7 Å². The van der Waals surface area contributed by atoms with Gasteiger partial charge in [-0.2, -0.15) is 0 Å². The summed E-state index contributed by atoms with van der Waals surface area (Å²) >= 11 is -0.997. The van der Waals surface area contributed by atoms with Crippen molar-refractivity contribution in [1.82, 2.24) is 0 Å². The van der Waals surface area contributed by atoms with E-state index in [2.05, 4.69) is 34.6 Å². The molecule has 3 heteroatoms. The molecule has 0 aromatic heterocycles. The Bertz CT molecular complexity index is 145. The summed E-state index contributed by atoms with van der Waals surface area (Å²) < 4.78 is 11.9. The highest BCUT2D eigenvalue weighted by Gasteiger charge is 2.22. The zero-order chi connectivity index (χ0) is 12.4. The molecule has 0 spiro atoms. The number of ether oxygens (including phenoxy) is 1. The molecule has 2 nitrogen and oxygen atoms in total. The molecule has 0 radical (unpaired) electrons. The first-order valence-electron chi connectivity index (χ1n) is 6.90. The smallest absolute Gasteiger partial charge is 0.462 e. The predicted octanol–water partition coefficient (Wildman–Crippen LogP) is 4.22. The molecule has 0 aliphatic carbocycles. The summed E-state index contributed by atoms with van der Waals surface area (Å²) in [5, 5.41) is 2.57. The van der Waals surface area contributed by atoms with Gasteiger partial charge >= 0.3 is 14.5 Å². The maximum Gasteiger partial charge on any atom is 0.462 e. The highest BCUT2D eigenvalue weighted by molar-refractivity contribution is 6.51. The molecule has 0 amide bonds. The van der Waals surface area contributed by atoms with Crippen LogP contribution in [0.25, 0.3) is 0 Å². The summed E-state index contributed by atoms with van der Waals surface area (Å²) in [5.41, 5.74) is 0. The van der Waals surface area contributed by atoms with E-state index in [-0.39, 0.29) is 6.29 Å². The van der Waals surface area contributed by atoms with Crippen molar-refractivity contribution in [3.8, 4) is 0 Å². The van der Waals surface area contributed by atoms with E-state index in [0.29, 0.717) is 5.92 Å². The molecule has 0 rings (SSSR count). The second-order valence-electron chi connectivity index (χ2n) is 4.90. The molecule has 0 saturated carbocycles. The lowest BCUT2D eigenvalue weighted by molar-refractivity contribution is -0.0930. The molecular formula is C13H29AlO2. The van der Waals surface area contributed by atoms with Crippen LogP contribution < -0.4 is 0 Å². The van der Waals surface area contributed by atoms with Crippen molar-refractivity contribution < 1.29 is 8.53 Å². The third kappa shape index (κ3) is 8.59. The Morgan fingerprint density at radius 2 is 1.56 bits per heavy atom. The quantitative estimate of drug-likeness (QED) is 0.423. The molecule has 0 aromatic carbocycles. The van der Waals surface area contributed by atoms with Crippen LogP contribution in [0, 0.1) is 5.92 Å². The largest absolute Gasteiger partial charge is 0.478 e. The SMILES string of the molecule is CC[CH2][Al]([CH2]CC)[O]C(CC)OCC(C)C. The van der Waals surface area contributed by atoms with Crippen LogP contribution in [0.3, 0.4) is 0 Å². The maximum atomic E-state index is 6.15. The first-order chi connectivity index (χ1) is 7.63. The van der Waals surface area contributed by atoms with Crippen LogP contribution >= 0.6 is 0 Å². The van der Waals surface area contributed by atoms with Gasteiger partial charge in [0.25, 0.3) is 0 Å². The van der Waals surface area contributed by atoms with E-state index < -0.39 is 14.5 Å². The minimum Gasteiger partial charge on any atom is -0.478 e. The molecule has 0 bridgehead atoms. The van der Waals surface area contributed by atoms with Crippen LogP contribution in [0.1, 0.15) is 53.9 Å². The Balaban J connectivity index is 3.93. The molecule has 0 aliphatic rings. The molecule has 1 atom stereocenters. The Hall–Kier alpha value is 0.452. The van der Waals surface area contributed by atoms with Gasteiger partial charge < -0.3 is 8.53 Å². The van der Waals surface area contributed by atoms with Crippen LogP contribution in [0.5, 0.6) is 0 Å². The van der Waals surface area contributed by atoms with Gasteiger partial charge in [0.15, 0.2) is 0 Å². The molecule has 0 aromatic rings. The fourth-order valence-corrected chi connectivity index (χ4v) is 4.24. The van der Waals surface area contributed by atoms with E-state index in [1.165, 1.54) is 23.4 Å². The lowest BCUT2D eigenvalue weighted by atomic mass is 10.2. The van der Waals surface area contributed by atoms with Crippen LogP contribution in [0.2, 0.25) is 10.6 Å². The van der Waals surface area contributed by atoms with Crippen molar-refractivity contribution >= 4 is 14.5 Å². The van der Waals surface area contributed by atoms with Gasteiger partial charge in [-0.25, -0.2) is 0 Å². The minimum absolute atomic E-state index is 0.0529. The number of hydrogen-bond acceptors (Lipinski definition) is 2. The van der Waals surface area contributed by atoms with E-state index in [1.54, 1.807) is 0 Å². The third-order valence-electron chi connectivity index (χ3n) is 2.51. The van der Waals surface area contributed by atoms with Gasteiger partial charge in [-0.05, 0) is 12.3 Å². The van der Waals surface area contributed by atoms with Crippen LogP contribution in [-0.2, 0) is 8.53 Å². The van der Waals surface area contributed by atoms with Crippen molar-refractivity contribution in [3.05, 3.63) is 0 Å². The van der Waals surface area contributed by atoms with Gasteiger partial charge in [0.1, 0.15) is 6.29 Å². The average Bonchev–Trinajstić information content (AvgIpc) is 2.24. The Morgan fingerprint density at radius 3 is 1.94 bits per heavy atom. The summed E-state index contributed by atoms with van der Waals surface area (Å²) in [5.74, 6) is 0.593. The van der Waals surface area contributed by atoms with Gasteiger partial charge in [-0.15, -0.1) is 0 Å². The highest BCUT2D eigenvalue weighted by atomic mass is 27.2. The van der Waals surface area contributed by atoms with E-state index in [0.717, 1.165) is 13.0 Å². The monoisotopic (exact) mass is 244 g/mol. The van der Waals surface area contributed by atoms with Crippen LogP contribution in [-0.4, -0.2) is 27.4 Å². The zero-order valence-corrected chi connectivity index (χ0v) is 12.9. The minimum atomic E-state index is -0.997. The molecule has 0 heterocycles. The van der Waals surface area contributed by atoms with Gasteiger partial charge in [-0.1, -0.05) is 58.0 Å². The van der Waals surface area contributed by atoms with Gasteiger partial charge in [0.2, 0.25) is 0 Å². The van der Waals surface area contributed by atoms with E-state index in [1.807, 2.05) is 0 Å². The van der Waals surface area contributed by atoms with E-state index >= 15 is 0 Å². The average molecular weight is 244 g/mol. The predicted molar refractivity (Wildman–Crippen MR) is 71.9 cm³/mol. The molecule has 0 N–H and O–H groups in total. The Labute approximate surface area is 106 Å². The standard InChI is InChI=1S/C7H15O2.2C3H7.Al/c1-4-7(8)9-5-6(2)3;2*1-3-2;/h6-7H,4-5H2,1-3H3;2*1,3H2,2H3;/q-1;;;+1. The molecule has 0 fully saturated rings. The second-order valence-corrected chi connectivity index (χ2v) is 7.57. The fraction of sp³-hybridized carbons (Fsp3) is 1.00. The van der Waals surface area contributed by atoms with Crippen LogP contribution in [0.4, 0.5) is 0 Å². The Kier molecular flexibility index (Phi) is 10.9. The molecular weight excluding hydrogens is 215 g/mol. The Morgan fingerprint density at radius 1 is 1.00 bits per heavy atom. The summed E-state index contributed by atoms with van der Waals surface area (Å²) in [6.07, 6.45) is 3.52. The first kappa shape index (κ1) is 16.5. The summed E-state index contributed by atoms with van der Waals surface area (Å²) in [7, 11) is 0. The topological polar surface area (TPSA) is 18.5 Å².